The van der Waals surface area contributed by atoms with Gasteiger partial charge < -0.3 is 10.1 Å². The highest BCUT2D eigenvalue weighted by molar-refractivity contribution is 9.10. The zero-order chi connectivity index (χ0) is 16.2. The maximum Gasteiger partial charge on any atom is 0.338 e. The minimum absolute atomic E-state index is 0.00783. The predicted octanol–water partition coefficient (Wildman–Crippen LogP) is 2.43. The Labute approximate surface area is 129 Å². The number of esters is 1. The molecule has 1 rings (SSSR count). The second-order valence-electron chi connectivity index (χ2n) is 5.30. The summed E-state index contributed by atoms with van der Waals surface area (Å²) >= 11 is 3.02. The van der Waals surface area contributed by atoms with Crippen molar-refractivity contribution in [1.82, 2.24) is 5.32 Å². The van der Waals surface area contributed by atoms with E-state index in [0.717, 1.165) is 6.07 Å². The van der Waals surface area contributed by atoms with Crippen LogP contribution in [-0.2, 0) is 9.53 Å². The van der Waals surface area contributed by atoms with Gasteiger partial charge in [0.2, 0.25) is 0 Å². The molecule has 21 heavy (non-hydrogen) atoms. The molecule has 8 heteroatoms. The molecule has 0 bridgehead atoms. The Morgan fingerprint density at radius 1 is 1.38 bits per heavy atom. The summed E-state index contributed by atoms with van der Waals surface area (Å²) in [6, 6.07) is 3.85. The first-order chi connectivity index (χ1) is 9.60. The molecule has 0 fully saturated rings. The van der Waals surface area contributed by atoms with Gasteiger partial charge in [0.05, 0.1) is 15.0 Å². The van der Waals surface area contributed by atoms with Crippen LogP contribution in [-0.4, -0.2) is 28.9 Å². The lowest BCUT2D eigenvalue weighted by molar-refractivity contribution is -0.385. The van der Waals surface area contributed by atoms with Crippen molar-refractivity contribution in [3.8, 4) is 0 Å². The molecule has 0 aliphatic carbocycles. The fourth-order valence-corrected chi connectivity index (χ4v) is 1.84. The predicted molar refractivity (Wildman–Crippen MR) is 79.0 cm³/mol. The van der Waals surface area contributed by atoms with Gasteiger partial charge in [-0.05, 0) is 48.8 Å². The van der Waals surface area contributed by atoms with E-state index in [1.54, 1.807) is 20.8 Å². The molecule has 1 N–H and O–H groups in total. The number of nitro benzene ring substituents is 1. The molecule has 7 nitrogen and oxygen atoms in total. The third-order valence-corrected chi connectivity index (χ3v) is 2.90. The number of benzene rings is 1. The number of halogens is 1. The van der Waals surface area contributed by atoms with Crippen LogP contribution in [0.4, 0.5) is 5.69 Å². The molecule has 0 radical (unpaired) electrons. The average molecular weight is 359 g/mol. The quantitative estimate of drug-likeness (QED) is 0.506. The van der Waals surface area contributed by atoms with Crippen molar-refractivity contribution < 1.29 is 19.2 Å². The lowest BCUT2D eigenvalue weighted by atomic mass is 10.1. The number of rotatable bonds is 4. The molecule has 0 spiro atoms. The Hall–Kier alpha value is -1.96. The van der Waals surface area contributed by atoms with Gasteiger partial charge in [-0.15, -0.1) is 0 Å². The summed E-state index contributed by atoms with van der Waals surface area (Å²) < 4.78 is 5.08. The second kappa shape index (κ2) is 6.66. The van der Waals surface area contributed by atoms with E-state index in [1.165, 1.54) is 12.1 Å². The summed E-state index contributed by atoms with van der Waals surface area (Å²) in [5.41, 5.74) is -0.670. The van der Waals surface area contributed by atoms with E-state index in [1.807, 2.05) is 0 Å². The molecule has 0 aliphatic heterocycles. The van der Waals surface area contributed by atoms with Gasteiger partial charge in [0.25, 0.3) is 11.6 Å². The summed E-state index contributed by atoms with van der Waals surface area (Å²) in [5, 5.41) is 13.4. The first-order valence-electron chi connectivity index (χ1n) is 6.02. The van der Waals surface area contributed by atoms with Crippen LogP contribution in [0.2, 0.25) is 0 Å². The van der Waals surface area contributed by atoms with E-state index in [2.05, 4.69) is 21.2 Å². The maximum absolute atomic E-state index is 11.8. The van der Waals surface area contributed by atoms with Gasteiger partial charge >= 0.3 is 5.97 Å². The van der Waals surface area contributed by atoms with Crippen LogP contribution < -0.4 is 5.32 Å². The van der Waals surface area contributed by atoms with Crippen LogP contribution in [0.5, 0.6) is 0 Å². The molecule has 0 aliphatic rings. The van der Waals surface area contributed by atoms with Crippen LogP contribution in [0.15, 0.2) is 22.7 Å². The number of hydrogen-bond donors (Lipinski definition) is 1. The maximum atomic E-state index is 11.8. The third-order valence-electron chi connectivity index (χ3n) is 2.23. The Kier molecular flexibility index (Phi) is 5.42. The third kappa shape index (κ3) is 5.50. The average Bonchev–Trinajstić information content (AvgIpc) is 2.34. The van der Waals surface area contributed by atoms with Crippen molar-refractivity contribution in [2.75, 3.05) is 6.61 Å². The Morgan fingerprint density at radius 2 is 2.00 bits per heavy atom. The van der Waals surface area contributed by atoms with Crippen molar-refractivity contribution in [1.29, 1.82) is 0 Å². The molecule has 0 unspecified atom stereocenters. The number of ether oxygens (including phenoxy) is 1. The molecule has 114 valence electrons. The monoisotopic (exact) mass is 358 g/mol. The van der Waals surface area contributed by atoms with Crippen LogP contribution in [0, 0.1) is 10.1 Å². The highest BCUT2D eigenvalue weighted by Gasteiger charge is 2.19. The van der Waals surface area contributed by atoms with Gasteiger partial charge in [-0.3, -0.25) is 14.9 Å². The highest BCUT2D eigenvalue weighted by Crippen LogP contribution is 2.25. The molecule has 1 aromatic carbocycles. The van der Waals surface area contributed by atoms with E-state index < -0.39 is 28.9 Å². The molecule has 1 aromatic rings. The van der Waals surface area contributed by atoms with Gasteiger partial charge in [0, 0.05) is 11.6 Å². The molecule has 0 saturated heterocycles. The Balaban J connectivity index is 2.71. The molecule has 0 aromatic heterocycles. The summed E-state index contributed by atoms with van der Waals surface area (Å²) in [6.45, 7) is 4.94. The molecule has 0 atom stereocenters. The van der Waals surface area contributed by atoms with Gasteiger partial charge in [-0.25, -0.2) is 4.79 Å². The number of carbonyl (C=O) groups excluding carboxylic acids is 2. The SMILES string of the molecule is CC(C)(C)NC(=O)COC(=O)c1ccc(Br)c([N+](=O)[O-])c1. The summed E-state index contributed by atoms with van der Waals surface area (Å²) in [5.74, 6) is -1.24. The molecular formula is C13H15BrN2O5. The highest BCUT2D eigenvalue weighted by atomic mass is 79.9. The van der Waals surface area contributed by atoms with Crippen molar-refractivity contribution in [3.63, 3.8) is 0 Å². The minimum Gasteiger partial charge on any atom is -0.452 e. The number of hydrogen-bond acceptors (Lipinski definition) is 5. The standard InChI is InChI=1S/C13H15BrN2O5/c1-13(2,3)15-11(17)7-21-12(18)8-4-5-9(14)10(6-8)16(19)20/h4-6H,7H2,1-3H3,(H,15,17). The van der Waals surface area contributed by atoms with Crippen molar-refractivity contribution in [2.24, 2.45) is 0 Å². The fraction of sp³-hybridized carbons (Fsp3) is 0.385. The van der Waals surface area contributed by atoms with Crippen molar-refractivity contribution in [3.05, 3.63) is 38.3 Å². The largest absolute Gasteiger partial charge is 0.452 e. The van der Waals surface area contributed by atoms with E-state index in [4.69, 9.17) is 4.74 Å². The lowest BCUT2D eigenvalue weighted by Gasteiger charge is -2.20. The van der Waals surface area contributed by atoms with Gasteiger partial charge in [0.1, 0.15) is 0 Å². The molecule has 0 saturated carbocycles. The van der Waals surface area contributed by atoms with Gasteiger partial charge in [-0.1, -0.05) is 0 Å². The van der Waals surface area contributed by atoms with E-state index in [9.17, 15) is 19.7 Å². The first kappa shape index (κ1) is 17.1. The zero-order valence-electron chi connectivity index (χ0n) is 11.8. The van der Waals surface area contributed by atoms with Crippen LogP contribution in [0.25, 0.3) is 0 Å². The van der Waals surface area contributed by atoms with E-state index in [0.29, 0.717) is 0 Å². The van der Waals surface area contributed by atoms with Gasteiger partial charge in [-0.2, -0.15) is 0 Å². The first-order valence-corrected chi connectivity index (χ1v) is 6.81. The van der Waals surface area contributed by atoms with E-state index >= 15 is 0 Å². The fourth-order valence-electron chi connectivity index (χ4n) is 1.45. The Bertz CT molecular complexity index is 580. The summed E-state index contributed by atoms with van der Waals surface area (Å²) in [6.07, 6.45) is 0. The normalized spacial score (nSPS) is 10.9. The number of nitro groups is 1. The molecule has 0 heterocycles. The number of amides is 1. The minimum atomic E-state index is -0.797. The van der Waals surface area contributed by atoms with E-state index in [-0.39, 0.29) is 15.7 Å². The smallest absolute Gasteiger partial charge is 0.338 e. The number of nitrogens with zero attached hydrogens (tertiary/aromatic N) is 1. The number of carbonyl (C=O) groups is 2. The zero-order valence-corrected chi connectivity index (χ0v) is 13.4. The van der Waals surface area contributed by atoms with Crippen molar-refractivity contribution >= 4 is 33.5 Å². The van der Waals surface area contributed by atoms with Crippen LogP contribution in [0.3, 0.4) is 0 Å². The summed E-state index contributed by atoms with van der Waals surface area (Å²) in [4.78, 5) is 33.4. The van der Waals surface area contributed by atoms with Gasteiger partial charge in [0.15, 0.2) is 6.61 Å². The Morgan fingerprint density at radius 3 is 2.52 bits per heavy atom. The van der Waals surface area contributed by atoms with Crippen LogP contribution >= 0.6 is 15.9 Å². The molecular weight excluding hydrogens is 344 g/mol. The van der Waals surface area contributed by atoms with Crippen molar-refractivity contribution in [2.45, 2.75) is 26.3 Å². The topological polar surface area (TPSA) is 98.5 Å². The second-order valence-corrected chi connectivity index (χ2v) is 6.15. The lowest BCUT2D eigenvalue weighted by Crippen LogP contribution is -2.42. The number of nitrogens with one attached hydrogen (secondary N) is 1. The van der Waals surface area contributed by atoms with Crippen LogP contribution in [0.1, 0.15) is 31.1 Å². The summed E-state index contributed by atoms with van der Waals surface area (Å²) in [7, 11) is 0. The molecule has 1 amide bonds.